The van der Waals surface area contributed by atoms with Crippen LogP contribution in [0.5, 0.6) is 0 Å². The molecule has 0 aliphatic carbocycles. The van der Waals surface area contributed by atoms with E-state index in [1.165, 1.54) is 17.0 Å². The van der Waals surface area contributed by atoms with Crippen LogP contribution < -0.4 is 4.90 Å². The predicted molar refractivity (Wildman–Crippen MR) is 118 cm³/mol. The summed E-state index contributed by atoms with van der Waals surface area (Å²) < 4.78 is 73.8. The van der Waals surface area contributed by atoms with Gasteiger partial charge in [-0.3, -0.25) is 4.79 Å². The summed E-state index contributed by atoms with van der Waals surface area (Å²) in [5.74, 6) is -2.41. The molecule has 0 spiro atoms. The molecule has 2 heterocycles. The number of carbonyl (C=O) groups is 1. The molecule has 2 fully saturated rings. The SMILES string of the molecule is CCOCC12CCN(C(=O)c3ccc(F)cc3F)CC1CN(c1ccc(C#N)c(C(F)(F)F)c1)C2. The second-order valence-corrected chi connectivity index (χ2v) is 9.04. The van der Waals surface area contributed by atoms with E-state index in [0.29, 0.717) is 51.0 Å². The molecular formula is C25H24F5N3O2. The van der Waals surface area contributed by atoms with E-state index < -0.39 is 40.3 Å². The first-order valence-electron chi connectivity index (χ1n) is 11.3. The van der Waals surface area contributed by atoms with Gasteiger partial charge in [0.25, 0.3) is 5.91 Å². The number of rotatable bonds is 5. The molecule has 35 heavy (non-hydrogen) atoms. The van der Waals surface area contributed by atoms with Gasteiger partial charge in [0.05, 0.1) is 29.4 Å². The van der Waals surface area contributed by atoms with Crippen molar-refractivity contribution in [3.8, 4) is 6.07 Å². The molecule has 10 heteroatoms. The third-order valence-electron chi connectivity index (χ3n) is 6.97. The van der Waals surface area contributed by atoms with Crippen molar-refractivity contribution in [2.45, 2.75) is 19.5 Å². The number of carbonyl (C=O) groups excluding carboxylic acids is 1. The predicted octanol–water partition coefficient (Wildman–Crippen LogP) is 4.86. The standard InChI is InChI=1S/C25H24F5N3O2/c1-2-35-15-24-7-8-32(23(34)20-6-4-18(26)9-22(20)27)12-17(24)13-33(14-24)19-5-3-16(11-31)21(10-19)25(28,29)30/h3-6,9-10,17H,2,7-8,12-15H2,1H3. The van der Waals surface area contributed by atoms with Crippen LogP contribution in [0.3, 0.4) is 0 Å². The number of nitriles is 1. The molecule has 5 nitrogen and oxygen atoms in total. The number of halogens is 5. The van der Waals surface area contributed by atoms with Gasteiger partial charge < -0.3 is 14.5 Å². The minimum atomic E-state index is -4.67. The number of nitrogens with zero attached hydrogens (tertiary/aromatic N) is 3. The number of amides is 1. The Morgan fingerprint density at radius 2 is 1.97 bits per heavy atom. The first-order chi connectivity index (χ1) is 16.6. The summed E-state index contributed by atoms with van der Waals surface area (Å²) in [5, 5.41) is 9.09. The molecule has 2 saturated heterocycles. The molecule has 2 aliphatic heterocycles. The van der Waals surface area contributed by atoms with Crippen molar-refractivity contribution < 1.29 is 31.5 Å². The molecule has 4 rings (SSSR count). The smallest absolute Gasteiger partial charge is 0.381 e. The van der Waals surface area contributed by atoms with Gasteiger partial charge in [-0.15, -0.1) is 0 Å². The van der Waals surface area contributed by atoms with Crippen LogP contribution in [0.2, 0.25) is 0 Å². The monoisotopic (exact) mass is 493 g/mol. The van der Waals surface area contributed by atoms with Crippen molar-refractivity contribution in [1.82, 2.24) is 4.90 Å². The fraction of sp³-hybridized carbons (Fsp3) is 0.440. The van der Waals surface area contributed by atoms with Gasteiger partial charge in [0.1, 0.15) is 11.6 Å². The molecule has 0 radical (unpaired) electrons. The fourth-order valence-corrected chi connectivity index (χ4v) is 5.10. The maximum atomic E-state index is 14.2. The Morgan fingerprint density at radius 3 is 2.63 bits per heavy atom. The Hall–Kier alpha value is -3.19. The molecule has 2 aromatic rings. The third-order valence-corrected chi connectivity index (χ3v) is 6.97. The lowest BCUT2D eigenvalue weighted by Gasteiger charge is -2.43. The van der Waals surface area contributed by atoms with Gasteiger partial charge in [0, 0.05) is 55.9 Å². The van der Waals surface area contributed by atoms with Gasteiger partial charge in [-0.2, -0.15) is 18.4 Å². The summed E-state index contributed by atoms with van der Waals surface area (Å²) in [5.41, 5.74) is -1.72. The third kappa shape index (κ3) is 4.82. The Bertz CT molecular complexity index is 1160. The van der Waals surface area contributed by atoms with E-state index in [4.69, 9.17) is 10.00 Å². The van der Waals surface area contributed by atoms with Crippen LogP contribution in [0.4, 0.5) is 27.6 Å². The Morgan fingerprint density at radius 1 is 1.20 bits per heavy atom. The number of anilines is 1. The van der Waals surface area contributed by atoms with Crippen LogP contribution in [0.15, 0.2) is 36.4 Å². The minimum Gasteiger partial charge on any atom is -0.381 e. The molecule has 0 bridgehead atoms. The molecule has 0 N–H and O–H groups in total. The Labute approximate surface area is 199 Å². The summed E-state index contributed by atoms with van der Waals surface area (Å²) in [6, 6.07) is 8.05. The van der Waals surface area contributed by atoms with E-state index in [-0.39, 0.29) is 18.0 Å². The van der Waals surface area contributed by atoms with Crippen molar-refractivity contribution in [1.29, 1.82) is 5.26 Å². The van der Waals surface area contributed by atoms with Gasteiger partial charge in [0.2, 0.25) is 0 Å². The summed E-state index contributed by atoms with van der Waals surface area (Å²) >= 11 is 0. The lowest BCUT2D eigenvalue weighted by atomic mass is 9.73. The van der Waals surface area contributed by atoms with Crippen LogP contribution in [-0.4, -0.2) is 50.2 Å². The van der Waals surface area contributed by atoms with Crippen molar-refractivity contribution in [2.75, 3.05) is 44.3 Å². The highest BCUT2D eigenvalue weighted by molar-refractivity contribution is 5.94. The average molecular weight is 493 g/mol. The summed E-state index contributed by atoms with van der Waals surface area (Å²) in [7, 11) is 0. The lowest BCUT2D eigenvalue weighted by Crippen LogP contribution is -2.51. The van der Waals surface area contributed by atoms with Crippen molar-refractivity contribution in [2.24, 2.45) is 11.3 Å². The molecule has 0 aromatic heterocycles. The first kappa shape index (κ1) is 24.9. The second-order valence-electron chi connectivity index (χ2n) is 9.04. The lowest BCUT2D eigenvalue weighted by molar-refractivity contribution is -0.137. The number of ether oxygens (including phenoxy) is 1. The zero-order valence-corrected chi connectivity index (χ0v) is 19.0. The van der Waals surface area contributed by atoms with E-state index in [0.717, 1.165) is 18.2 Å². The number of benzene rings is 2. The molecule has 2 unspecified atom stereocenters. The first-order valence-corrected chi connectivity index (χ1v) is 11.3. The number of piperidine rings is 1. The van der Waals surface area contributed by atoms with Crippen LogP contribution in [-0.2, 0) is 10.9 Å². The van der Waals surface area contributed by atoms with Gasteiger partial charge in [-0.25, -0.2) is 8.78 Å². The van der Waals surface area contributed by atoms with Crippen LogP contribution in [0.1, 0.15) is 34.8 Å². The van der Waals surface area contributed by atoms with Crippen molar-refractivity contribution >= 4 is 11.6 Å². The van der Waals surface area contributed by atoms with Gasteiger partial charge in [-0.05, 0) is 43.7 Å². The molecule has 2 atom stereocenters. The highest BCUT2D eigenvalue weighted by atomic mass is 19.4. The molecular weight excluding hydrogens is 469 g/mol. The number of likely N-dealkylation sites (tertiary alicyclic amines) is 1. The van der Waals surface area contributed by atoms with E-state index in [1.807, 2.05) is 11.8 Å². The Kier molecular flexibility index (Phi) is 6.73. The summed E-state index contributed by atoms with van der Waals surface area (Å²) in [4.78, 5) is 16.3. The maximum Gasteiger partial charge on any atom is 0.417 e. The number of fused-ring (bicyclic) bond motifs is 1. The van der Waals surface area contributed by atoms with Crippen LogP contribution >= 0.6 is 0 Å². The highest BCUT2D eigenvalue weighted by Crippen LogP contribution is 2.46. The van der Waals surface area contributed by atoms with Gasteiger partial charge in [0.15, 0.2) is 0 Å². The van der Waals surface area contributed by atoms with E-state index in [9.17, 15) is 26.7 Å². The minimum absolute atomic E-state index is 0.139. The highest BCUT2D eigenvalue weighted by Gasteiger charge is 2.51. The van der Waals surface area contributed by atoms with Crippen LogP contribution in [0, 0.1) is 34.3 Å². The van der Waals surface area contributed by atoms with Crippen molar-refractivity contribution in [3.63, 3.8) is 0 Å². The van der Waals surface area contributed by atoms with Crippen molar-refractivity contribution in [3.05, 3.63) is 64.7 Å². The van der Waals surface area contributed by atoms with E-state index in [2.05, 4.69) is 0 Å². The normalized spacial score (nSPS) is 22.1. The fourth-order valence-electron chi connectivity index (χ4n) is 5.10. The largest absolute Gasteiger partial charge is 0.417 e. The second kappa shape index (κ2) is 9.46. The molecule has 0 saturated carbocycles. The van der Waals surface area contributed by atoms with Crippen LogP contribution in [0.25, 0.3) is 0 Å². The summed E-state index contributed by atoms with van der Waals surface area (Å²) in [6.07, 6.45) is -4.15. The number of alkyl halides is 3. The zero-order chi connectivity index (χ0) is 25.4. The average Bonchev–Trinajstić information content (AvgIpc) is 3.20. The quantitative estimate of drug-likeness (QED) is 0.559. The molecule has 186 valence electrons. The Balaban J connectivity index is 1.60. The van der Waals surface area contributed by atoms with E-state index in [1.54, 1.807) is 6.07 Å². The van der Waals surface area contributed by atoms with Gasteiger partial charge >= 0.3 is 6.18 Å². The molecule has 2 aliphatic rings. The maximum absolute atomic E-state index is 14.2. The molecule has 2 aromatic carbocycles. The van der Waals surface area contributed by atoms with Gasteiger partial charge in [-0.1, -0.05) is 0 Å². The van der Waals surface area contributed by atoms with E-state index >= 15 is 0 Å². The topological polar surface area (TPSA) is 56.6 Å². The summed E-state index contributed by atoms with van der Waals surface area (Å²) in [6.45, 7) is 4.06. The molecule has 1 amide bonds. The number of hydrogen-bond acceptors (Lipinski definition) is 4. The zero-order valence-electron chi connectivity index (χ0n) is 19.0. The number of hydrogen-bond donors (Lipinski definition) is 0.